The monoisotopic (exact) mass is 439 g/mol. The molecule has 9 nitrogen and oxygen atoms in total. The fraction of sp³-hybridized carbons (Fsp3) is 0.609. The Morgan fingerprint density at radius 1 is 1.06 bits per heavy atom. The van der Waals surface area contributed by atoms with Crippen molar-refractivity contribution in [1.29, 1.82) is 0 Å². The molecule has 1 saturated carbocycles. The number of carbonyl (C=O) groups excluding carboxylic acids is 2. The number of carbonyl (C=O) groups is 2. The van der Waals surface area contributed by atoms with E-state index in [2.05, 4.69) is 30.8 Å². The molecule has 9 heteroatoms. The lowest BCUT2D eigenvalue weighted by Gasteiger charge is -2.35. The molecule has 0 aromatic carbocycles. The molecule has 2 aromatic rings. The van der Waals surface area contributed by atoms with Crippen molar-refractivity contribution in [2.45, 2.75) is 77.3 Å². The Bertz CT molecular complexity index is 931. The first-order valence-corrected chi connectivity index (χ1v) is 11.7. The molecule has 2 aliphatic rings. The van der Waals surface area contributed by atoms with Crippen LogP contribution >= 0.6 is 0 Å². The molecule has 2 aromatic heterocycles. The van der Waals surface area contributed by atoms with Gasteiger partial charge in [0.25, 0.3) is 5.91 Å². The number of likely N-dealkylation sites (tertiary alicyclic amines) is 1. The maximum Gasteiger partial charge on any atom is 0.271 e. The highest BCUT2D eigenvalue weighted by molar-refractivity contribution is 5.92. The molecule has 2 amide bonds. The van der Waals surface area contributed by atoms with Gasteiger partial charge in [0.15, 0.2) is 0 Å². The molecule has 3 heterocycles. The third-order valence-corrected chi connectivity index (χ3v) is 6.31. The van der Waals surface area contributed by atoms with Crippen LogP contribution in [0.4, 0.5) is 5.95 Å². The van der Waals surface area contributed by atoms with Crippen molar-refractivity contribution < 1.29 is 9.59 Å². The highest BCUT2D eigenvalue weighted by Gasteiger charge is 2.30. The zero-order chi connectivity index (χ0) is 22.5. The van der Waals surface area contributed by atoms with Gasteiger partial charge in [0.1, 0.15) is 5.69 Å². The summed E-state index contributed by atoms with van der Waals surface area (Å²) in [6.07, 6.45) is 7.66. The van der Waals surface area contributed by atoms with Crippen LogP contribution < -0.4 is 10.6 Å². The van der Waals surface area contributed by atoms with Gasteiger partial charge in [-0.15, -0.1) is 0 Å². The van der Waals surface area contributed by atoms with Crippen molar-refractivity contribution in [3.63, 3.8) is 0 Å². The maximum absolute atomic E-state index is 13.0. The second-order valence-corrected chi connectivity index (χ2v) is 8.91. The van der Waals surface area contributed by atoms with Crippen LogP contribution in [0.15, 0.2) is 12.1 Å². The number of aromatic amines is 1. The van der Waals surface area contributed by atoms with Crippen LogP contribution in [0, 0.1) is 13.8 Å². The number of hydrogen-bond acceptors (Lipinski definition) is 6. The van der Waals surface area contributed by atoms with E-state index in [0.29, 0.717) is 31.2 Å². The fourth-order valence-electron chi connectivity index (χ4n) is 4.74. The van der Waals surface area contributed by atoms with Crippen LogP contribution in [-0.2, 0) is 4.79 Å². The standard InChI is InChI=1S/C23H33N7O2/c1-15-13-16(2)26-23(25-15)24-11-10-21(31)30-12-6-5-9-20(30)18-14-19(29-28-18)22(32)27-17-7-3-4-8-17/h13-14,17,20H,3-12H2,1-2H3,(H,27,32)(H,28,29)(H,24,25,26)/t20-/m0/s1. The minimum absolute atomic E-state index is 0.0748. The van der Waals surface area contributed by atoms with Gasteiger partial charge in [-0.2, -0.15) is 5.10 Å². The van der Waals surface area contributed by atoms with E-state index in [0.717, 1.165) is 49.2 Å². The van der Waals surface area contributed by atoms with Crippen molar-refractivity contribution in [2.24, 2.45) is 0 Å². The number of H-pyrrole nitrogens is 1. The Morgan fingerprint density at radius 3 is 2.53 bits per heavy atom. The molecule has 0 spiro atoms. The average Bonchev–Trinajstić information content (AvgIpc) is 3.45. The number of hydrogen-bond donors (Lipinski definition) is 3. The fourth-order valence-corrected chi connectivity index (χ4v) is 4.74. The minimum atomic E-state index is -0.134. The van der Waals surface area contributed by atoms with Crippen LogP contribution in [0.5, 0.6) is 0 Å². The van der Waals surface area contributed by atoms with Crippen molar-refractivity contribution in [3.8, 4) is 0 Å². The van der Waals surface area contributed by atoms with E-state index in [1.165, 1.54) is 12.8 Å². The Hall–Kier alpha value is -2.97. The summed E-state index contributed by atoms with van der Waals surface area (Å²) in [5.74, 6) is 0.501. The lowest BCUT2D eigenvalue weighted by Crippen LogP contribution is -2.39. The SMILES string of the molecule is Cc1cc(C)nc(NCCC(=O)N2CCCC[C@H]2c2cc(C(=O)NC3CCCC3)n[nH]2)n1. The molecule has 1 aliphatic heterocycles. The molecule has 0 radical (unpaired) electrons. The number of rotatable bonds is 7. The minimum Gasteiger partial charge on any atom is -0.354 e. The predicted molar refractivity (Wildman–Crippen MR) is 121 cm³/mol. The van der Waals surface area contributed by atoms with Gasteiger partial charge in [0.05, 0.1) is 11.7 Å². The van der Waals surface area contributed by atoms with Crippen molar-refractivity contribution in [2.75, 3.05) is 18.4 Å². The molecule has 0 bridgehead atoms. The van der Waals surface area contributed by atoms with Crippen LogP contribution in [0.2, 0.25) is 0 Å². The Balaban J connectivity index is 1.35. The van der Waals surface area contributed by atoms with Gasteiger partial charge in [-0.1, -0.05) is 12.8 Å². The van der Waals surface area contributed by atoms with E-state index in [1.807, 2.05) is 30.9 Å². The predicted octanol–water partition coefficient (Wildman–Crippen LogP) is 3.04. The molecular formula is C23H33N7O2. The molecule has 1 saturated heterocycles. The van der Waals surface area contributed by atoms with Crippen molar-refractivity contribution in [3.05, 3.63) is 34.9 Å². The van der Waals surface area contributed by atoms with E-state index >= 15 is 0 Å². The second kappa shape index (κ2) is 10.1. The van der Waals surface area contributed by atoms with Gasteiger partial charge in [-0.3, -0.25) is 14.7 Å². The number of aryl methyl sites for hydroxylation is 2. The molecule has 32 heavy (non-hydrogen) atoms. The topological polar surface area (TPSA) is 116 Å². The average molecular weight is 440 g/mol. The zero-order valence-corrected chi connectivity index (χ0v) is 19.0. The summed E-state index contributed by atoms with van der Waals surface area (Å²) < 4.78 is 0. The maximum atomic E-state index is 13.0. The summed E-state index contributed by atoms with van der Waals surface area (Å²) in [7, 11) is 0. The number of anilines is 1. The lowest BCUT2D eigenvalue weighted by molar-refractivity contribution is -0.134. The summed E-state index contributed by atoms with van der Waals surface area (Å²) in [6.45, 7) is 5.04. The molecule has 1 aliphatic carbocycles. The van der Waals surface area contributed by atoms with Crippen LogP contribution in [0.3, 0.4) is 0 Å². The molecule has 1 atom stereocenters. The number of aromatic nitrogens is 4. The summed E-state index contributed by atoms with van der Waals surface area (Å²) in [5.41, 5.74) is 3.03. The molecular weight excluding hydrogens is 406 g/mol. The molecule has 172 valence electrons. The number of nitrogens with one attached hydrogen (secondary N) is 3. The number of piperidine rings is 1. The van der Waals surface area contributed by atoms with Gasteiger partial charge in [-0.25, -0.2) is 9.97 Å². The molecule has 0 unspecified atom stereocenters. The van der Waals surface area contributed by atoms with E-state index in [9.17, 15) is 9.59 Å². The van der Waals surface area contributed by atoms with E-state index in [1.54, 1.807) is 0 Å². The van der Waals surface area contributed by atoms with Crippen LogP contribution in [0.25, 0.3) is 0 Å². The van der Waals surface area contributed by atoms with Crippen molar-refractivity contribution >= 4 is 17.8 Å². The van der Waals surface area contributed by atoms with Gasteiger partial charge >= 0.3 is 0 Å². The summed E-state index contributed by atoms with van der Waals surface area (Å²) >= 11 is 0. The third kappa shape index (κ3) is 5.44. The first kappa shape index (κ1) is 22.2. The molecule has 4 rings (SSSR count). The Morgan fingerprint density at radius 2 is 1.78 bits per heavy atom. The Kier molecular flexibility index (Phi) is 7.02. The quantitative estimate of drug-likeness (QED) is 0.611. The highest BCUT2D eigenvalue weighted by atomic mass is 16.2. The lowest BCUT2D eigenvalue weighted by atomic mass is 9.98. The first-order chi connectivity index (χ1) is 15.5. The number of amides is 2. The molecule has 2 fully saturated rings. The van der Waals surface area contributed by atoms with Gasteiger partial charge in [0, 0.05) is 36.9 Å². The van der Waals surface area contributed by atoms with Gasteiger partial charge < -0.3 is 15.5 Å². The summed E-state index contributed by atoms with van der Waals surface area (Å²) in [6, 6.07) is 3.90. The van der Waals surface area contributed by atoms with Gasteiger partial charge in [-0.05, 0) is 58.1 Å². The number of nitrogens with zero attached hydrogens (tertiary/aromatic N) is 4. The first-order valence-electron chi connectivity index (χ1n) is 11.7. The van der Waals surface area contributed by atoms with Crippen LogP contribution in [-0.4, -0.2) is 56.0 Å². The van der Waals surface area contributed by atoms with Crippen molar-refractivity contribution in [1.82, 2.24) is 30.4 Å². The van der Waals surface area contributed by atoms with Gasteiger partial charge in [0.2, 0.25) is 11.9 Å². The normalized spacial score (nSPS) is 19.2. The Labute approximate surface area is 188 Å². The third-order valence-electron chi connectivity index (χ3n) is 6.31. The van der Waals surface area contributed by atoms with Crippen LogP contribution in [0.1, 0.15) is 85.0 Å². The zero-order valence-electron chi connectivity index (χ0n) is 19.0. The smallest absolute Gasteiger partial charge is 0.271 e. The molecule has 3 N–H and O–H groups in total. The highest BCUT2D eigenvalue weighted by Crippen LogP contribution is 2.30. The van der Waals surface area contributed by atoms with E-state index in [4.69, 9.17) is 0 Å². The second-order valence-electron chi connectivity index (χ2n) is 8.91. The summed E-state index contributed by atoms with van der Waals surface area (Å²) in [5, 5.41) is 13.5. The largest absolute Gasteiger partial charge is 0.354 e. The van der Waals surface area contributed by atoms with E-state index in [-0.39, 0.29) is 23.9 Å². The van der Waals surface area contributed by atoms with E-state index < -0.39 is 0 Å². The summed E-state index contributed by atoms with van der Waals surface area (Å²) in [4.78, 5) is 36.2.